The van der Waals surface area contributed by atoms with Crippen molar-refractivity contribution in [1.29, 1.82) is 0 Å². The van der Waals surface area contributed by atoms with Gasteiger partial charge in [0.05, 0.1) is 5.69 Å². The molecule has 0 aliphatic heterocycles. The largest absolute Gasteiger partial charge is 0.283 e. The predicted octanol–water partition coefficient (Wildman–Crippen LogP) is 6.17. The van der Waals surface area contributed by atoms with Gasteiger partial charge in [0, 0.05) is 11.8 Å². The van der Waals surface area contributed by atoms with Crippen LogP contribution >= 0.6 is 0 Å². The Balaban J connectivity index is 1.84. The molecule has 4 nitrogen and oxygen atoms in total. The van der Waals surface area contributed by atoms with Gasteiger partial charge in [0.25, 0.3) is 0 Å². The van der Waals surface area contributed by atoms with Crippen LogP contribution in [0.3, 0.4) is 0 Å². The summed E-state index contributed by atoms with van der Waals surface area (Å²) in [4.78, 5) is 4.64. The summed E-state index contributed by atoms with van der Waals surface area (Å²) in [5.74, 6) is 0.334. The van der Waals surface area contributed by atoms with Crippen LogP contribution in [0.2, 0.25) is 0 Å². The molecule has 128 valence electrons. The smallest absolute Gasteiger partial charge is 0.187 e. The molecule has 2 aromatic heterocycles. The zero-order chi connectivity index (χ0) is 18.1. The predicted molar refractivity (Wildman–Crippen MR) is 101 cm³/mol. The first kappa shape index (κ1) is 16.1. The Kier molecular flexibility index (Phi) is 4.05. The minimum Gasteiger partial charge on any atom is -0.283 e. The molecule has 4 rings (SSSR count). The number of imidazole rings is 1. The van der Waals surface area contributed by atoms with Crippen LogP contribution in [-0.2, 0) is 0 Å². The van der Waals surface area contributed by atoms with E-state index in [-0.39, 0.29) is 5.82 Å². The van der Waals surface area contributed by atoms with Crippen LogP contribution in [0.5, 0.6) is 0 Å². The quantitative estimate of drug-likeness (QED) is 0.410. The summed E-state index contributed by atoms with van der Waals surface area (Å²) >= 11 is 0. The number of aromatic nitrogens is 2. The van der Waals surface area contributed by atoms with E-state index in [9.17, 15) is 4.39 Å². The summed E-state index contributed by atoms with van der Waals surface area (Å²) in [5.41, 5.74) is 5.39. The lowest BCUT2D eigenvalue weighted by molar-refractivity contribution is 0.628. The second-order valence-electron chi connectivity index (χ2n) is 6.19. The summed E-state index contributed by atoms with van der Waals surface area (Å²) in [7, 11) is 0. The van der Waals surface area contributed by atoms with E-state index in [0.29, 0.717) is 11.5 Å². The molecule has 0 fully saturated rings. The number of pyridine rings is 1. The van der Waals surface area contributed by atoms with Gasteiger partial charge in [-0.05, 0) is 73.5 Å². The third-order valence-corrected chi connectivity index (χ3v) is 4.37. The molecule has 0 atom stereocenters. The molecule has 0 N–H and O–H groups in total. The molecule has 0 aliphatic carbocycles. The Hall–Kier alpha value is -3.34. The van der Waals surface area contributed by atoms with Crippen molar-refractivity contribution in [3.8, 4) is 11.3 Å². The SMILES string of the molecule is Cc1ccc(N=Nc2c(-c3ccc(F)cc3)nc3ccccn23)cc1C. The van der Waals surface area contributed by atoms with Crippen molar-refractivity contribution in [2.75, 3.05) is 0 Å². The van der Waals surface area contributed by atoms with Crippen LogP contribution in [0.15, 0.2) is 77.1 Å². The van der Waals surface area contributed by atoms with Crippen molar-refractivity contribution >= 4 is 17.2 Å². The van der Waals surface area contributed by atoms with Crippen LogP contribution in [0.25, 0.3) is 16.9 Å². The van der Waals surface area contributed by atoms with Crippen molar-refractivity contribution < 1.29 is 4.39 Å². The van der Waals surface area contributed by atoms with Gasteiger partial charge in [-0.1, -0.05) is 12.1 Å². The van der Waals surface area contributed by atoms with Gasteiger partial charge in [-0.3, -0.25) is 4.40 Å². The Morgan fingerprint density at radius 3 is 2.46 bits per heavy atom. The fourth-order valence-electron chi connectivity index (χ4n) is 2.77. The molecule has 26 heavy (non-hydrogen) atoms. The number of hydrogen-bond acceptors (Lipinski definition) is 3. The molecule has 4 aromatic rings. The lowest BCUT2D eigenvalue weighted by Crippen LogP contribution is -1.82. The highest BCUT2D eigenvalue weighted by Gasteiger charge is 2.13. The van der Waals surface area contributed by atoms with Crippen molar-refractivity contribution in [1.82, 2.24) is 9.38 Å². The van der Waals surface area contributed by atoms with E-state index in [1.165, 1.54) is 23.3 Å². The van der Waals surface area contributed by atoms with E-state index in [0.717, 1.165) is 16.9 Å². The van der Waals surface area contributed by atoms with Crippen LogP contribution < -0.4 is 0 Å². The van der Waals surface area contributed by atoms with Crippen molar-refractivity contribution in [3.63, 3.8) is 0 Å². The summed E-state index contributed by atoms with van der Waals surface area (Å²) in [6.45, 7) is 4.11. The molecule has 0 bridgehead atoms. The molecule has 0 aliphatic rings. The third-order valence-electron chi connectivity index (χ3n) is 4.37. The first-order chi connectivity index (χ1) is 12.6. The van der Waals surface area contributed by atoms with Crippen LogP contribution in [0, 0.1) is 19.7 Å². The minimum atomic E-state index is -0.282. The molecule has 5 heteroatoms. The molecule has 0 saturated carbocycles. The minimum absolute atomic E-state index is 0.282. The maximum absolute atomic E-state index is 13.3. The number of benzene rings is 2. The molecule has 2 heterocycles. The number of fused-ring (bicyclic) bond motifs is 1. The van der Waals surface area contributed by atoms with Gasteiger partial charge in [-0.15, -0.1) is 10.2 Å². The van der Waals surface area contributed by atoms with Gasteiger partial charge in [-0.2, -0.15) is 0 Å². The second kappa shape index (κ2) is 6.52. The zero-order valence-electron chi connectivity index (χ0n) is 14.5. The molecule has 0 spiro atoms. The summed E-state index contributed by atoms with van der Waals surface area (Å²) in [6, 6.07) is 17.9. The number of rotatable bonds is 3. The van der Waals surface area contributed by atoms with E-state index >= 15 is 0 Å². The summed E-state index contributed by atoms with van der Waals surface area (Å²) in [6.07, 6.45) is 1.89. The monoisotopic (exact) mass is 344 g/mol. The molecule has 0 amide bonds. The highest BCUT2D eigenvalue weighted by atomic mass is 19.1. The first-order valence-electron chi connectivity index (χ1n) is 8.34. The summed E-state index contributed by atoms with van der Waals surface area (Å²) < 4.78 is 15.2. The molecule has 0 saturated heterocycles. The second-order valence-corrected chi connectivity index (χ2v) is 6.19. The first-order valence-corrected chi connectivity index (χ1v) is 8.34. The Labute approximate surface area is 150 Å². The van der Waals surface area contributed by atoms with Gasteiger partial charge in [0.15, 0.2) is 5.82 Å². The number of nitrogens with zero attached hydrogens (tertiary/aromatic N) is 4. The van der Waals surface area contributed by atoms with Crippen molar-refractivity contribution in [2.45, 2.75) is 13.8 Å². The topological polar surface area (TPSA) is 42.0 Å². The molecule has 0 radical (unpaired) electrons. The highest BCUT2D eigenvalue weighted by Crippen LogP contribution is 2.32. The number of hydrogen-bond donors (Lipinski definition) is 0. The van der Waals surface area contributed by atoms with Gasteiger partial charge in [-0.25, -0.2) is 9.37 Å². The molecular weight excluding hydrogens is 327 g/mol. The highest BCUT2D eigenvalue weighted by molar-refractivity contribution is 5.74. The maximum atomic E-state index is 13.3. The molecular formula is C21H17FN4. The zero-order valence-corrected chi connectivity index (χ0v) is 14.5. The van der Waals surface area contributed by atoms with E-state index in [4.69, 9.17) is 0 Å². The molecule has 0 unspecified atom stereocenters. The molecule has 2 aromatic carbocycles. The Bertz CT molecular complexity index is 1110. The Morgan fingerprint density at radius 1 is 0.885 bits per heavy atom. The maximum Gasteiger partial charge on any atom is 0.187 e. The van der Waals surface area contributed by atoms with Crippen LogP contribution in [-0.4, -0.2) is 9.38 Å². The fraction of sp³-hybridized carbons (Fsp3) is 0.0952. The number of aryl methyl sites for hydroxylation is 2. The normalized spacial score (nSPS) is 11.5. The number of halogens is 1. The standard InChI is InChI=1S/C21H17FN4/c1-14-6-11-18(13-15(14)2)24-25-21-20(16-7-9-17(22)10-8-16)23-19-5-3-4-12-26(19)21/h3-13H,1-2H3. The average molecular weight is 344 g/mol. The Morgan fingerprint density at radius 2 is 1.69 bits per heavy atom. The van der Waals surface area contributed by atoms with E-state index in [2.05, 4.69) is 22.1 Å². The number of azo groups is 1. The van der Waals surface area contributed by atoms with Gasteiger partial charge in [0.2, 0.25) is 0 Å². The lowest BCUT2D eigenvalue weighted by Gasteiger charge is -2.01. The van der Waals surface area contributed by atoms with Crippen molar-refractivity contribution in [3.05, 3.63) is 83.8 Å². The summed E-state index contributed by atoms with van der Waals surface area (Å²) in [5, 5.41) is 8.86. The van der Waals surface area contributed by atoms with E-state index in [1.807, 2.05) is 53.9 Å². The van der Waals surface area contributed by atoms with E-state index in [1.54, 1.807) is 12.1 Å². The van der Waals surface area contributed by atoms with Gasteiger partial charge >= 0.3 is 0 Å². The third kappa shape index (κ3) is 2.99. The van der Waals surface area contributed by atoms with Gasteiger partial charge in [0.1, 0.15) is 17.2 Å². The average Bonchev–Trinajstić information content (AvgIpc) is 3.02. The fourth-order valence-corrected chi connectivity index (χ4v) is 2.77. The van der Waals surface area contributed by atoms with E-state index < -0.39 is 0 Å². The van der Waals surface area contributed by atoms with Crippen LogP contribution in [0.4, 0.5) is 15.9 Å². The van der Waals surface area contributed by atoms with Crippen molar-refractivity contribution in [2.24, 2.45) is 10.2 Å². The lowest BCUT2D eigenvalue weighted by atomic mass is 10.1. The van der Waals surface area contributed by atoms with Crippen LogP contribution in [0.1, 0.15) is 11.1 Å². The van der Waals surface area contributed by atoms with Gasteiger partial charge < -0.3 is 0 Å².